The van der Waals surface area contributed by atoms with Gasteiger partial charge in [0.1, 0.15) is 5.75 Å². The Morgan fingerprint density at radius 1 is 1.31 bits per heavy atom. The quantitative estimate of drug-likeness (QED) is 0.762. The average molecular weight is 395 g/mol. The summed E-state index contributed by atoms with van der Waals surface area (Å²) in [5, 5.41) is 18.5. The number of nitriles is 1. The largest absolute Gasteiger partial charge is 0.506 e. The Kier molecular flexibility index (Phi) is 5.69. The van der Waals surface area contributed by atoms with Gasteiger partial charge in [0.2, 0.25) is 5.88 Å². The van der Waals surface area contributed by atoms with Gasteiger partial charge in [-0.25, -0.2) is 9.78 Å². The van der Waals surface area contributed by atoms with Crippen molar-refractivity contribution in [2.45, 2.75) is 32.8 Å². The molecule has 0 radical (unpaired) electrons. The summed E-state index contributed by atoms with van der Waals surface area (Å²) in [6.45, 7) is 5.78. The average Bonchev–Trinajstić information content (AvgIpc) is 2.68. The van der Waals surface area contributed by atoms with Crippen molar-refractivity contribution in [1.29, 1.82) is 5.26 Å². The summed E-state index contributed by atoms with van der Waals surface area (Å²) in [6.07, 6.45) is -2.31. The first-order chi connectivity index (χ1) is 13.9. The topological polar surface area (TPSA) is 114 Å². The molecule has 150 valence electrons. The monoisotopic (exact) mass is 395 g/mol. The number of fused-ring (bicyclic) bond motifs is 1. The summed E-state index contributed by atoms with van der Waals surface area (Å²) < 4.78 is 16.5. The van der Waals surface area contributed by atoms with E-state index in [9.17, 15) is 15.2 Å². The number of nitrogens with zero attached hydrogens (tertiary/aromatic N) is 3. The molecule has 0 saturated carbocycles. The summed E-state index contributed by atoms with van der Waals surface area (Å²) in [4.78, 5) is 20.5. The Hall–Kier alpha value is -3.60. The Morgan fingerprint density at radius 2 is 2.07 bits per heavy atom. The zero-order chi connectivity index (χ0) is 21.1. The Bertz CT molecular complexity index is 1030. The van der Waals surface area contributed by atoms with E-state index >= 15 is 0 Å². The molecular weight excluding hydrogens is 374 g/mol. The lowest BCUT2D eigenvalue weighted by Crippen LogP contribution is -2.35. The van der Waals surface area contributed by atoms with E-state index in [0.717, 1.165) is 5.69 Å². The number of carbonyl (C=O) groups is 1. The zero-order valence-electron chi connectivity index (χ0n) is 16.6. The Balaban J connectivity index is 2.31. The highest BCUT2D eigenvalue weighted by atomic mass is 16.7. The van der Waals surface area contributed by atoms with Crippen molar-refractivity contribution in [3.63, 3.8) is 0 Å². The van der Waals surface area contributed by atoms with Gasteiger partial charge in [0.15, 0.2) is 6.10 Å². The second-order valence-electron chi connectivity index (χ2n) is 6.54. The summed E-state index contributed by atoms with van der Waals surface area (Å²) >= 11 is 0. The number of rotatable bonds is 5. The number of benzene rings is 1. The molecule has 0 amide bonds. The van der Waals surface area contributed by atoms with E-state index in [4.69, 9.17) is 14.2 Å². The van der Waals surface area contributed by atoms with Crippen LogP contribution in [0, 0.1) is 18.3 Å². The zero-order valence-corrected chi connectivity index (χ0v) is 16.6. The lowest BCUT2D eigenvalue weighted by Gasteiger charge is -2.33. The van der Waals surface area contributed by atoms with Crippen molar-refractivity contribution in [1.82, 2.24) is 4.98 Å². The lowest BCUT2D eigenvalue weighted by atomic mass is 9.81. The van der Waals surface area contributed by atoms with Crippen LogP contribution in [0.4, 0.5) is 10.5 Å². The first kappa shape index (κ1) is 20.1. The van der Waals surface area contributed by atoms with Crippen molar-refractivity contribution in [2.24, 2.45) is 4.99 Å². The van der Waals surface area contributed by atoms with Crippen molar-refractivity contribution in [3.8, 4) is 17.7 Å². The smallest absolute Gasteiger partial charge is 0.496 e. The number of methoxy groups -OCH3 is 1. The molecule has 0 aliphatic carbocycles. The lowest BCUT2D eigenvalue weighted by molar-refractivity contribution is 0.0688. The number of pyridine rings is 1. The van der Waals surface area contributed by atoms with E-state index in [-0.39, 0.29) is 0 Å². The van der Waals surface area contributed by atoms with E-state index in [0.29, 0.717) is 46.3 Å². The van der Waals surface area contributed by atoms with Crippen LogP contribution in [0.25, 0.3) is 0 Å². The number of aromatic nitrogens is 1. The van der Waals surface area contributed by atoms with Crippen LogP contribution in [0.15, 0.2) is 29.3 Å². The fourth-order valence-corrected chi connectivity index (χ4v) is 3.53. The SMILES string of the molecule is CCOc1nc(C)cc2c1C(c1ccc(C#N)cc1OC)C(OC(=O)O)C(C)=N2. The second-order valence-corrected chi connectivity index (χ2v) is 6.54. The fraction of sp³-hybridized carbons (Fsp3) is 0.333. The summed E-state index contributed by atoms with van der Waals surface area (Å²) in [7, 11) is 1.49. The molecule has 0 spiro atoms. The predicted octanol–water partition coefficient (Wildman–Crippen LogP) is 3.97. The van der Waals surface area contributed by atoms with Crippen LogP contribution in [-0.4, -0.2) is 41.8 Å². The van der Waals surface area contributed by atoms with Gasteiger partial charge in [-0.15, -0.1) is 0 Å². The molecule has 1 aromatic heterocycles. The minimum Gasteiger partial charge on any atom is -0.496 e. The van der Waals surface area contributed by atoms with Crippen molar-refractivity contribution >= 4 is 17.6 Å². The van der Waals surface area contributed by atoms with Gasteiger partial charge in [-0.1, -0.05) is 6.07 Å². The van der Waals surface area contributed by atoms with Crippen LogP contribution in [-0.2, 0) is 4.74 Å². The molecule has 2 atom stereocenters. The minimum atomic E-state index is -1.41. The third-order valence-corrected chi connectivity index (χ3v) is 4.66. The van der Waals surface area contributed by atoms with Crippen molar-refractivity contribution in [2.75, 3.05) is 13.7 Å². The summed E-state index contributed by atoms with van der Waals surface area (Å²) in [5.41, 5.74) is 3.57. The summed E-state index contributed by atoms with van der Waals surface area (Å²) in [5.74, 6) is 0.210. The number of aryl methyl sites for hydroxylation is 1. The molecule has 2 aromatic rings. The maximum atomic E-state index is 11.4. The van der Waals surface area contributed by atoms with Gasteiger partial charge in [0.25, 0.3) is 0 Å². The van der Waals surface area contributed by atoms with E-state index in [1.54, 1.807) is 25.1 Å². The molecule has 0 bridgehead atoms. The maximum absolute atomic E-state index is 11.4. The molecule has 1 aliphatic heterocycles. The van der Waals surface area contributed by atoms with Gasteiger partial charge < -0.3 is 19.3 Å². The molecule has 1 aliphatic rings. The standard InChI is InChI=1S/C21H21N3O5/c1-5-28-20-18-15(8-11(2)23-20)24-12(3)19(29-21(25)26)17(18)14-7-6-13(10-22)9-16(14)27-4/h6-9,17,19H,5H2,1-4H3,(H,25,26). The van der Waals surface area contributed by atoms with Gasteiger partial charge in [-0.3, -0.25) is 4.99 Å². The number of hydrogen-bond acceptors (Lipinski definition) is 7. The molecule has 8 heteroatoms. The minimum absolute atomic E-state index is 0.370. The van der Waals surface area contributed by atoms with Gasteiger partial charge in [0, 0.05) is 11.3 Å². The van der Waals surface area contributed by atoms with E-state index in [2.05, 4.69) is 16.0 Å². The van der Waals surface area contributed by atoms with Gasteiger partial charge >= 0.3 is 6.16 Å². The molecule has 29 heavy (non-hydrogen) atoms. The van der Waals surface area contributed by atoms with Crippen molar-refractivity contribution in [3.05, 3.63) is 46.6 Å². The first-order valence-electron chi connectivity index (χ1n) is 9.06. The maximum Gasteiger partial charge on any atom is 0.506 e. The van der Waals surface area contributed by atoms with Crippen LogP contribution in [0.3, 0.4) is 0 Å². The highest BCUT2D eigenvalue weighted by molar-refractivity contribution is 5.94. The molecular formula is C21H21N3O5. The Labute approximate surface area is 168 Å². The third-order valence-electron chi connectivity index (χ3n) is 4.66. The first-order valence-corrected chi connectivity index (χ1v) is 9.06. The highest BCUT2D eigenvalue weighted by Gasteiger charge is 2.40. The number of ether oxygens (including phenoxy) is 3. The van der Waals surface area contributed by atoms with E-state index in [1.165, 1.54) is 7.11 Å². The third kappa shape index (κ3) is 3.85. The van der Waals surface area contributed by atoms with E-state index in [1.807, 2.05) is 19.9 Å². The number of hydrogen-bond donors (Lipinski definition) is 1. The molecule has 0 saturated heterocycles. The van der Waals surface area contributed by atoms with Crippen LogP contribution in [0.2, 0.25) is 0 Å². The normalized spacial score (nSPS) is 17.6. The van der Waals surface area contributed by atoms with E-state index < -0.39 is 18.2 Å². The summed E-state index contributed by atoms with van der Waals surface area (Å²) in [6, 6.07) is 8.89. The molecule has 1 N–H and O–H groups in total. The number of carboxylic acid groups (broad SMARTS) is 1. The molecule has 0 fully saturated rings. The molecule has 8 nitrogen and oxygen atoms in total. The highest BCUT2D eigenvalue weighted by Crippen LogP contribution is 2.47. The molecule has 2 unspecified atom stereocenters. The van der Waals surface area contributed by atoms with Crippen LogP contribution in [0.5, 0.6) is 11.6 Å². The van der Waals surface area contributed by atoms with Gasteiger partial charge in [-0.05, 0) is 39.0 Å². The predicted molar refractivity (Wildman–Crippen MR) is 105 cm³/mol. The molecule has 3 rings (SSSR count). The Morgan fingerprint density at radius 3 is 2.69 bits per heavy atom. The number of aliphatic imine (C=N–C) groups is 1. The second kappa shape index (κ2) is 8.19. The van der Waals surface area contributed by atoms with Crippen LogP contribution in [0.1, 0.15) is 42.1 Å². The molecule has 1 aromatic carbocycles. The van der Waals surface area contributed by atoms with Gasteiger partial charge in [-0.2, -0.15) is 5.26 Å². The fourth-order valence-electron chi connectivity index (χ4n) is 3.53. The van der Waals surface area contributed by atoms with Gasteiger partial charge in [0.05, 0.1) is 48.2 Å². The van der Waals surface area contributed by atoms with Crippen LogP contribution >= 0.6 is 0 Å². The molecule has 2 heterocycles. The van der Waals surface area contributed by atoms with Crippen molar-refractivity contribution < 1.29 is 24.1 Å². The van der Waals surface area contributed by atoms with Crippen LogP contribution < -0.4 is 9.47 Å².